The van der Waals surface area contributed by atoms with Crippen molar-refractivity contribution in [2.45, 2.75) is 37.3 Å². The van der Waals surface area contributed by atoms with Crippen molar-refractivity contribution in [3.63, 3.8) is 0 Å². The average molecular weight is 297 g/mol. The number of fused-ring (bicyclic) bond motifs is 1. The molecule has 116 valence electrons. The fourth-order valence-electron chi connectivity index (χ4n) is 3.34. The molecule has 0 saturated carbocycles. The van der Waals surface area contributed by atoms with Gasteiger partial charge in [0, 0.05) is 5.54 Å². The highest BCUT2D eigenvalue weighted by molar-refractivity contribution is 5.39. The lowest BCUT2D eigenvalue weighted by molar-refractivity contribution is 0.126. The minimum absolute atomic E-state index is 0.366. The first kappa shape index (κ1) is 15.1. The Morgan fingerprint density at radius 1 is 1.18 bits per heavy atom. The second kappa shape index (κ2) is 6.11. The lowest BCUT2D eigenvalue weighted by Gasteiger charge is -2.36. The van der Waals surface area contributed by atoms with Crippen LogP contribution < -0.4 is 10.5 Å². The molecule has 2 aromatic rings. The Hall–Kier alpha value is -1.84. The standard InChI is InChI=1S/C19H23NO2/c1-22-17-8-7-14-9-10-19(20,12-16(14)11-17)13-18(21)15-5-3-2-4-6-15/h2-8,11,18,21H,9-10,12-13,20H2,1H3/t18-,19?/m0/s1. The van der Waals surface area contributed by atoms with Crippen LogP contribution in [0.3, 0.4) is 0 Å². The number of nitrogens with two attached hydrogens (primary N) is 1. The molecule has 3 N–H and O–H groups in total. The summed E-state index contributed by atoms with van der Waals surface area (Å²) >= 11 is 0. The Morgan fingerprint density at radius 2 is 1.95 bits per heavy atom. The quantitative estimate of drug-likeness (QED) is 0.912. The third-order valence-electron chi connectivity index (χ3n) is 4.63. The van der Waals surface area contributed by atoms with Gasteiger partial charge in [0.15, 0.2) is 0 Å². The van der Waals surface area contributed by atoms with Gasteiger partial charge < -0.3 is 15.6 Å². The number of aliphatic hydroxyl groups excluding tert-OH is 1. The predicted octanol–water partition coefficient (Wildman–Crippen LogP) is 3.01. The van der Waals surface area contributed by atoms with Crippen LogP contribution in [0.4, 0.5) is 0 Å². The average Bonchev–Trinajstić information content (AvgIpc) is 2.54. The highest BCUT2D eigenvalue weighted by Gasteiger charge is 2.33. The largest absolute Gasteiger partial charge is 0.497 e. The van der Waals surface area contributed by atoms with Gasteiger partial charge in [0.2, 0.25) is 0 Å². The molecule has 0 heterocycles. The molecule has 2 atom stereocenters. The van der Waals surface area contributed by atoms with Gasteiger partial charge >= 0.3 is 0 Å². The molecular formula is C19H23NO2. The van der Waals surface area contributed by atoms with Crippen LogP contribution >= 0.6 is 0 Å². The van der Waals surface area contributed by atoms with Crippen LogP contribution in [0, 0.1) is 0 Å². The molecule has 1 unspecified atom stereocenters. The van der Waals surface area contributed by atoms with E-state index in [1.54, 1.807) is 7.11 Å². The number of benzene rings is 2. The van der Waals surface area contributed by atoms with Gasteiger partial charge in [0.1, 0.15) is 5.75 Å². The van der Waals surface area contributed by atoms with Crippen molar-refractivity contribution in [1.82, 2.24) is 0 Å². The molecule has 22 heavy (non-hydrogen) atoms. The van der Waals surface area contributed by atoms with E-state index in [-0.39, 0.29) is 5.54 Å². The Balaban J connectivity index is 1.77. The summed E-state index contributed by atoms with van der Waals surface area (Å²) in [5.74, 6) is 0.867. The third kappa shape index (κ3) is 3.16. The first-order chi connectivity index (χ1) is 10.6. The zero-order valence-electron chi connectivity index (χ0n) is 13.0. The molecule has 3 nitrogen and oxygen atoms in total. The van der Waals surface area contributed by atoms with Crippen molar-refractivity contribution in [1.29, 1.82) is 0 Å². The Morgan fingerprint density at radius 3 is 2.68 bits per heavy atom. The molecule has 0 saturated heterocycles. The summed E-state index contributed by atoms with van der Waals surface area (Å²) in [6, 6.07) is 16.0. The maximum Gasteiger partial charge on any atom is 0.119 e. The molecule has 1 aliphatic rings. The highest BCUT2D eigenvalue weighted by Crippen LogP contribution is 2.35. The van der Waals surface area contributed by atoms with E-state index in [9.17, 15) is 5.11 Å². The number of aryl methyl sites for hydroxylation is 1. The molecule has 2 aromatic carbocycles. The predicted molar refractivity (Wildman–Crippen MR) is 88.0 cm³/mol. The number of methoxy groups -OCH3 is 1. The summed E-state index contributed by atoms with van der Waals surface area (Å²) in [6.45, 7) is 0. The molecule has 3 rings (SSSR count). The number of hydrogen-bond donors (Lipinski definition) is 2. The molecule has 0 radical (unpaired) electrons. The lowest BCUT2D eigenvalue weighted by Crippen LogP contribution is -2.46. The van der Waals surface area contributed by atoms with E-state index < -0.39 is 6.10 Å². The molecule has 0 aliphatic heterocycles. The Kier molecular flexibility index (Phi) is 4.19. The third-order valence-corrected chi connectivity index (χ3v) is 4.63. The molecular weight excluding hydrogens is 274 g/mol. The normalized spacial score (nSPS) is 22.0. The lowest BCUT2D eigenvalue weighted by atomic mass is 9.75. The minimum atomic E-state index is -0.515. The van der Waals surface area contributed by atoms with Crippen molar-refractivity contribution in [3.8, 4) is 5.75 Å². The van der Waals surface area contributed by atoms with Crippen LogP contribution in [0.25, 0.3) is 0 Å². The van der Waals surface area contributed by atoms with Gasteiger partial charge in [-0.25, -0.2) is 0 Å². The number of hydrogen-bond acceptors (Lipinski definition) is 3. The highest BCUT2D eigenvalue weighted by atomic mass is 16.5. The summed E-state index contributed by atoms with van der Waals surface area (Å²) in [4.78, 5) is 0. The van der Waals surface area contributed by atoms with Crippen LogP contribution in [0.5, 0.6) is 5.75 Å². The first-order valence-corrected chi connectivity index (χ1v) is 7.77. The maximum absolute atomic E-state index is 10.5. The second-order valence-corrected chi connectivity index (χ2v) is 6.30. The summed E-state index contributed by atoms with van der Waals surface area (Å²) in [5.41, 5.74) is 9.76. The van der Waals surface area contributed by atoms with Crippen LogP contribution in [0.2, 0.25) is 0 Å². The van der Waals surface area contributed by atoms with Gasteiger partial charge in [-0.2, -0.15) is 0 Å². The Labute approximate surface area is 131 Å². The van der Waals surface area contributed by atoms with Gasteiger partial charge in [-0.15, -0.1) is 0 Å². The van der Waals surface area contributed by atoms with Crippen molar-refractivity contribution in [2.24, 2.45) is 5.73 Å². The van der Waals surface area contributed by atoms with Gasteiger partial charge in [-0.1, -0.05) is 36.4 Å². The van der Waals surface area contributed by atoms with E-state index in [0.29, 0.717) is 6.42 Å². The zero-order chi connectivity index (χ0) is 15.6. The maximum atomic E-state index is 10.5. The molecule has 0 amide bonds. The van der Waals surface area contributed by atoms with Crippen molar-refractivity contribution in [2.75, 3.05) is 7.11 Å². The van der Waals surface area contributed by atoms with Gasteiger partial charge in [0.25, 0.3) is 0 Å². The topological polar surface area (TPSA) is 55.5 Å². The van der Waals surface area contributed by atoms with Gasteiger partial charge in [-0.3, -0.25) is 0 Å². The SMILES string of the molecule is COc1ccc2c(c1)CC(N)(C[C@H](O)c1ccccc1)CC2. The van der Waals surface area contributed by atoms with Crippen molar-refractivity contribution in [3.05, 3.63) is 65.2 Å². The Bertz CT molecular complexity index is 641. The summed E-state index contributed by atoms with van der Waals surface area (Å²) < 4.78 is 5.31. The van der Waals surface area contributed by atoms with E-state index in [1.165, 1.54) is 11.1 Å². The zero-order valence-corrected chi connectivity index (χ0v) is 13.0. The molecule has 0 bridgehead atoms. The van der Waals surface area contributed by atoms with Crippen LogP contribution in [0.1, 0.15) is 35.6 Å². The second-order valence-electron chi connectivity index (χ2n) is 6.30. The van der Waals surface area contributed by atoms with E-state index >= 15 is 0 Å². The van der Waals surface area contributed by atoms with Gasteiger partial charge in [-0.05, 0) is 54.5 Å². The summed E-state index contributed by atoms with van der Waals surface area (Å²) in [7, 11) is 1.68. The van der Waals surface area contributed by atoms with Crippen molar-refractivity contribution >= 4 is 0 Å². The smallest absolute Gasteiger partial charge is 0.119 e. The molecule has 1 aliphatic carbocycles. The molecule has 0 fully saturated rings. The molecule has 3 heteroatoms. The summed E-state index contributed by atoms with van der Waals surface area (Å²) in [5, 5.41) is 10.5. The monoisotopic (exact) mass is 297 g/mol. The van der Waals surface area contributed by atoms with E-state index in [2.05, 4.69) is 12.1 Å². The number of ether oxygens (including phenoxy) is 1. The molecule has 0 spiro atoms. The fraction of sp³-hybridized carbons (Fsp3) is 0.368. The first-order valence-electron chi connectivity index (χ1n) is 7.77. The van der Waals surface area contributed by atoms with E-state index in [4.69, 9.17) is 10.5 Å². The number of aliphatic hydroxyl groups is 1. The summed E-state index contributed by atoms with van der Waals surface area (Å²) in [6.07, 6.45) is 2.70. The van der Waals surface area contributed by atoms with Crippen LogP contribution in [-0.2, 0) is 12.8 Å². The van der Waals surface area contributed by atoms with Crippen LogP contribution in [0.15, 0.2) is 48.5 Å². The molecule has 0 aromatic heterocycles. The van der Waals surface area contributed by atoms with Crippen LogP contribution in [-0.4, -0.2) is 17.8 Å². The fourth-order valence-corrected chi connectivity index (χ4v) is 3.34. The van der Waals surface area contributed by atoms with Gasteiger partial charge in [0.05, 0.1) is 13.2 Å². The minimum Gasteiger partial charge on any atom is -0.497 e. The van der Waals surface area contributed by atoms with E-state index in [0.717, 1.165) is 30.6 Å². The van der Waals surface area contributed by atoms with E-state index in [1.807, 2.05) is 36.4 Å². The number of rotatable bonds is 4. The van der Waals surface area contributed by atoms with Crippen molar-refractivity contribution < 1.29 is 9.84 Å².